The monoisotopic (exact) mass is 363 g/mol. The summed E-state index contributed by atoms with van der Waals surface area (Å²) >= 11 is 0. The zero-order chi connectivity index (χ0) is 18.4. The largest absolute Gasteiger partial charge is 0.465 e. The second-order valence-electron chi connectivity index (χ2n) is 4.69. The van der Waals surface area contributed by atoms with Crippen LogP contribution < -0.4 is 4.83 Å². The summed E-state index contributed by atoms with van der Waals surface area (Å²) in [4.78, 5) is 23.4. The number of carbonyl (C=O) groups is 1. The number of nitro benzene ring substituents is 1. The molecule has 0 unspecified atom stereocenters. The second kappa shape index (κ2) is 7.53. The maximum Gasteiger partial charge on any atom is 0.339 e. The maximum atomic E-state index is 12.3. The number of ether oxygens (including phenoxy) is 1. The number of non-ortho nitro benzene ring substituents is 1. The predicted octanol–water partition coefficient (Wildman–Crippen LogP) is 1.69. The molecule has 130 valence electrons. The van der Waals surface area contributed by atoms with Crippen LogP contribution in [0.4, 0.5) is 5.69 Å². The summed E-state index contributed by atoms with van der Waals surface area (Å²) in [5, 5.41) is 14.2. The van der Waals surface area contributed by atoms with Crippen molar-refractivity contribution in [2.75, 3.05) is 7.11 Å². The van der Waals surface area contributed by atoms with Crippen molar-refractivity contribution in [3.63, 3.8) is 0 Å². The van der Waals surface area contributed by atoms with Crippen LogP contribution in [0.2, 0.25) is 0 Å². The van der Waals surface area contributed by atoms with Gasteiger partial charge in [-0.05, 0) is 29.8 Å². The fourth-order valence-electron chi connectivity index (χ4n) is 1.88. The first kappa shape index (κ1) is 18.1. The molecule has 0 amide bonds. The second-order valence-corrected chi connectivity index (χ2v) is 6.32. The minimum atomic E-state index is -4.09. The van der Waals surface area contributed by atoms with Gasteiger partial charge in [0.05, 0.1) is 23.8 Å². The van der Waals surface area contributed by atoms with E-state index in [1.165, 1.54) is 54.7 Å². The number of nitrogens with zero attached hydrogens (tertiary/aromatic N) is 2. The predicted molar refractivity (Wildman–Crippen MR) is 88.8 cm³/mol. The van der Waals surface area contributed by atoms with Crippen molar-refractivity contribution in [1.82, 2.24) is 4.83 Å². The number of sulfonamides is 1. The third-order valence-electron chi connectivity index (χ3n) is 3.07. The van der Waals surface area contributed by atoms with Crippen LogP contribution >= 0.6 is 0 Å². The topological polar surface area (TPSA) is 128 Å². The summed E-state index contributed by atoms with van der Waals surface area (Å²) < 4.78 is 29.1. The molecular formula is C15H13N3O6S. The molecule has 2 aromatic rings. The van der Waals surface area contributed by atoms with E-state index in [4.69, 9.17) is 0 Å². The molecule has 0 aliphatic carbocycles. The summed E-state index contributed by atoms with van der Waals surface area (Å²) in [5.74, 6) is -0.791. The van der Waals surface area contributed by atoms with Gasteiger partial charge in [-0.3, -0.25) is 10.1 Å². The maximum absolute atomic E-state index is 12.3. The van der Waals surface area contributed by atoms with E-state index < -0.39 is 20.9 Å². The molecular weight excluding hydrogens is 350 g/mol. The van der Waals surface area contributed by atoms with Gasteiger partial charge in [-0.15, -0.1) is 0 Å². The van der Waals surface area contributed by atoms with Gasteiger partial charge in [-0.25, -0.2) is 9.63 Å². The molecule has 9 nitrogen and oxygen atoms in total. The summed E-state index contributed by atoms with van der Waals surface area (Å²) in [6.45, 7) is 0. The highest BCUT2D eigenvalue weighted by Gasteiger charge is 2.22. The summed E-state index contributed by atoms with van der Waals surface area (Å²) in [6.07, 6.45) is 1.18. The lowest BCUT2D eigenvalue weighted by molar-refractivity contribution is -0.384. The van der Waals surface area contributed by atoms with Gasteiger partial charge in [0, 0.05) is 12.1 Å². The Morgan fingerprint density at radius 2 is 1.84 bits per heavy atom. The Hall–Kier alpha value is -3.27. The van der Waals surface area contributed by atoms with Crippen molar-refractivity contribution in [3.8, 4) is 0 Å². The number of hydrogen-bond donors (Lipinski definition) is 1. The van der Waals surface area contributed by atoms with Crippen LogP contribution in [-0.4, -0.2) is 32.6 Å². The molecule has 0 aliphatic rings. The van der Waals surface area contributed by atoms with Gasteiger partial charge in [0.25, 0.3) is 15.7 Å². The number of benzene rings is 2. The fourth-order valence-corrected chi connectivity index (χ4v) is 2.87. The first-order chi connectivity index (χ1) is 11.8. The van der Waals surface area contributed by atoms with Crippen molar-refractivity contribution in [3.05, 3.63) is 69.8 Å². The lowest BCUT2D eigenvalue weighted by Crippen LogP contribution is -2.21. The van der Waals surface area contributed by atoms with E-state index in [2.05, 4.69) is 9.84 Å². The molecule has 0 fully saturated rings. The SMILES string of the molecule is COC(=O)c1ccccc1S(=O)(=O)NN=Cc1ccc([N+](=O)[O-])cc1. The Labute approximate surface area is 143 Å². The van der Waals surface area contributed by atoms with Crippen LogP contribution in [0.5, 0.6) is 0 Å². The zero-order valence-electron chi connectivity index (χ0n) is 12.9. The highest BCUT2D eigenvalue weighted by Crippen LogP contribution is 2.16. The molecule has 0 atom stereocenters. The number of nitrogens with one attached hydrogen (secondary N) is 1. The third kappa shape index (κ3) is 4.38. The number of carbonyl (C=O) groups excluding carboxylic acids is 1. The van der Waals surface area contributed by atoms with Gasteiger partial charge in [0.15, 0.2) is 0 Å². The number of rotatable bonds is 6. The zero-order valence-corrected chi connectivity index (χ0v) is 13.8. The molecule has 0 aliphatic heterocycles. The van der Waals surface area contributed by atoms with Crippen molar-refractivity contribution >= 4 is 27.9 Å². The first-order valence-electron chi connectivity index (χ1n) is 6.82. The highest BCUT2D eigenvalue weighted by molar-refractivity contribution is 7.89. The number of hydrazone groups is 1. The number of hydrogen-bond acceptors (Lipinski definition) is 7. The number of methoxy groups -OCH3 is 1. The van der Waals surface area contributed by atoms with Crippen LogP contribution in [0.15, 0.2) is 58.5 Å². The molecule has 10 heteroatoms. The standard InChI is InChI=1S/C15H13N3O6S/c1-24-15(19)13-4-2-3-5-14(13)25(22,23)17-16-10-11-6-8-12(9-7-11)18(20)21/h2-10,17H,1H3. The molecule has 0 heterocycles. The Balaban J connectivity index is 2.19. The Morgan fingerprint density at radius 1 is 1.20 bits per heavy atom. The van der Waals surface area contributed by atoms with E-state index in [1.54, 1.807) is 0 Å². The van der Waals surface area contributed by atoms with E-state index in [-0.39, 0.29) is 16.1 Å². The summed E-state index contributed by atoms with van der Waals surface area (Å²) in [7, 11) is -2.95. The van der Waals surface area contributed by atoms with Crippen LogP contribution in [0.3, 0.4) is 0 Å². The average Bonchev–Trinajstić information content (AvgIpc) is 2.61. The van der Waals surface area contributed by atoms with Crippen LogP contribution in [0, 0.1) is 10.1 Å². The fraction of sp³-hybridized carbons (Fsp3) is 0.0667. The molecule has 0 spiro atoms. The summed E-state index contributed by atoms with van der Waals surface area (Å²) in [6, 6.07) is 10.9. The van der Waals surface area contributed by atoms with Gasteiger partial charge in [-0.2, -0.15) is 13.5 Å². The Morgan fingerprint density at radius 3 is 2.44 bits per heavy atom. The third-order valence-corrected chi connectivity index (χ3v) is 4.35. The Bertz CT molecular complexity index is 923. The molecule has 2 rings (SSSR count). The van der Waals surface area contributed by atoms with Gasteiger partial charge >= 0.3 is 5.97 Å². The number of nitro groups is 1. The lowest BCUT2D eigenvalue weighted by atomic mass is 10.2. The molecule has 0 radical (unpaired) electrons. The van der Waals surface area contributed by atoms with Gasteiger partial charge in [0.2, 0.25) is 0 Å². The molecule has 0 saturated heterocycles. The Kier molecular flexibility index (Phi) is 5.45. The van der Waals surface area contributed by atoms with Crippen molar-refractivity contribution in [1.29, 1.82) is 0 Å². The van der Waals surface area contributed by atoms with Crippen LogP contribution in [0.1, 0.15) is 15.9 Å². The van der Waals surface area contributed by atoms with E-state index in [0.717, 1.165) is 7.11 Å². The number of esters is 1. The summed E-state index contributed by atoms with van der Waals surface area (Å²) in [5.41, 5.74) is 0.238. The van der Waals surface area contributed by atoms with E-state index in [9.17, 15) is 23.3 Å². The van der Waals surface area contributed by atoms with Crippen molar-refractivity contribution in [2.45, 2.75) is 4.90 Å². The van der Waals surface area contributed by atoms with Crippen LogP contribution in [-0.2, 0) is 14.8 Å². The molecule has 0 saturated carbocycles. The first-order valence-corrected chi connectivity index (χ1v) is 8.30. The van der Waals surface area contributed by atoms with E-state index in [0.29, 0.717) is 5.56 Å². The quantitative estimate of drug-likeness (QED) is 0.360. The van der Waals surface area contributed by atoms with Gasteiger partial charge < -0.3 is 4.74 Å². The van der Waals surface area contributed by atoms with E-state index >= 15 is 0 Å². The molecule has 0 aromatic heterocycles. The average molecular weight is 363 g/mol. The minimum absolute atomic E-state index is 0.0928. The minimum Gasteiger partial charge on any atom is -0.465 e. The highest BCUT2D eigenvalue weighted by atomic mass is 32.2. The van der Waals surface area contributed by atoms with Crippen molar-refractivity contribution in [2.24, 2.45) is 5.10 Å². The lowest BCUT2D eigenvalue weighted by Gasteiger charge is -2.07. The van der Waals surface area contributed by atoms with Gasteiger partial charge in [-0.1, -0.05) is 12.1 Å². The normalized spacial score (nSPS) is 11.2. The van der Waals surface area contributed by atoms with Crippen molar-refractivity contribution < 1.29 is 22.9 Å². The van der Waals surface area contributed by atoms with E-state index in [1.807, 2.05) is 4.83 Å². The van der Waals surface area contributed by atoms with Gasteiger partial charge in [0.1, 0.15) is 4.90 Å². The smallest absolute Gasteiger partial charge is 0.339 e. The molecule has 25 heavy (non-hydrogen) atoms. The molecule has 1 N–H and O–H groups in total. The molecule has 2 aromatic carbocycles. The van der Waals surface area contributed by atoms with Crippen LogP contribution in [0.25, 0.3) is 0 Å². The molecule has 0 bridgehead atoms.